The molecule has 1 N–H and O–H groups in total. The first-order valence-electron chi connectivity index (χ1n) is 10.3. The van der Waals surface area contributed by atoms with Crippen molar-refractivity contribution < 1.29 is 14.3 Å². The lowest BCUT2D eigenvalue weighted by molar-refractivity contribution is -0.137. The molecule has 0 radical (unpaired) electrons. The topological polar surface area (TPSA) is 61.9 Å². The van der Waals surface area contributed by atoms with Gasteiger partial charge in [0.25, 0.3) is 5.91 Å². The number of allylic oxidation sites excluding steroid dienone is 1. The molecule has 0 saturated carbocycles. The van der Waals surface area contributed by atoms with Crippen molar-refractivity contribution in [3.8, 4) is 0 Å². The Bertz CT molecular complexity index is 740. The first kappa shape index (κ1) is 19.2. The fourth-order valence-corrected chi connectivity index (χ4v) is 4.66. The Balaban J connectivity index is 1.52. The van der Waals surface area contributed by atoms with Crippen LogP contribution in [0.4, 0.5) is 0 Å². The van der Waals surface area contributed by atoms with Crippen LogP contribution in [0.1, 0.15) is 35.2 Å². The van der Waals surface area contributed by atoms with Crippen LogP contribution in [0.2, 0.25) is 0 Å². The Kier molecular flexibility index (Phi) is 5.78. The molecule has 0 aromatic heterocycles. The number of nitrogens with one attached hydrogen (secondary N) is 1. The van der Waals surface area contributed by atoms with Crippen molar-refractivity contribution in [2.24, 2.45) is 5.92 Å². The van der Waals surface area contributed by atoms with E-state index in [-0.39, 0.29) is 17.9 Å². The van der Waals surface area contributed by atoms with Gasteiger partial charge in [-0.15, -0.1) is 0 Å². The summed E-state index contributed by atoms with van der Waals surface area (Å²) in [5, 5.41) is 3.40. The molecule has 6 heteroatoms. The molecule has 3 atom stereocenters. The first-order chi connectivity index (χ1) is 13.7. The molecule has 3 aliphatic heterocycles. The third-order valence-electron chi connectivity index (χ3n) is 6.23. The van der Waals surface area contributed by atoms with Gasteiger partial charge in [-0.3, -0.25) is 9.59 Å². The predicted molar refractivity (Wildman–Crippen MR) is 107 cm³/mol. The van der Waals surface area contributed by atoms with Crippen LogP contribution in [-0.4, -0.2) is 73.6 Å². The summed E-state index contributed by atoms with van der Waals surface area (Å²) in [6.07, 6.45) is 5.05. The van der Waals surface area contributed by atoms with Crippen molar-refractivity contribution in [3.63, 3.8) is 0 Å². The van der Waals surface area contributed by atoms with E-state index in [1.54, 1.807) is 0 Å². The molecule has 3 saturated heterocycles. The fraction of sp³-hybridized carbons (Fsp3) is 0.545. The van der Waals surface area contributed by atoms with Gasteiger partial charge in [0.1, 0.15) is 0 Å². The molecule has 150 valence electrons. The molecule has 3 heterocycles. The van der Waals surface area contributed by atoms with Gasteiger partial charge in [0.15, 0.2) is 0 Å². The first-order valence-corrected chi connectivity index (χ1v) is 10.3. The molecule has 28 heavy (non-hydrogen) atoms. The van der Waals surface area contributed by atoms with Gasteiger partial charge in [0.05, 0.1) is 19.3 Å². The number of ether oxygens (including phenoxy) is 1. The third-order valence-corrected chi connectivity index (χ3v) is 6.23. The molecule has 6 nitrogen and oxygen atoms in total. The average Bonchev–Trinajstić information content (AvgIpc) is 3.24. The summed E-state index contributed by atoms with van der Waals surface area (Å²) >= 11 is 0. The molecule has 2 amide bonds. The quantitative estimate of drug-likeness (QED) is 0.803. The minimum Gasteiger partial charge on any atom is -0.378 e. The van der Waals surface area contributed by atoms with E-state index in [4.69, 9.17) is 4.74 Å². The molecule has 1 aromatic rings. The number of hydrogen-bond donors (Lipinski definition) is 1. The summed E-state index contributed by atoms with van der Waals surface area (Å²) in [6, 6.07) is 7.96. The zero-order valence-electron chi connectivity index (χ0n) is 16.5. The van der Waals surface area contributed by atoms with Crippen molar-refractivity contribution in [2.75, 3.05) is 45.9 Å². The number of piperidine rings is 1. The number of benzene rings is 1. The highest BCUT2D eigenvalue weighted by molar-refractivity contribution is 5.94. The van der Waals surface area contributed by atoms with Crippen LogP contribution < -0.4 is 5.32 Å². The van der Waals surface area contributed by atoms with E-state index >= 15 is 0 Å². The molecule has 0 spiro atoms. The lowest BCUT2D eigenvalue weighted by Crippen LogP contribution is -2.54. The van der Waals surface area contributed by atoms with E-state index < -0.39 is 0 Å². The zero-order valence-corrected chi connectivity index (χ0v) is 16.5. The summed E-state index contributed by atoms with van der Waals surface area (Å²) in [6.45, 7) is 6.79. The molecule has 4 rings (SSSR count). The summed E-state index contributed by atoms with van der Waals surface area (Å²) in [5.74, 6) is 0.922. The SMILES string of the molecule is CC=CCN1CC(c2ccc(C(=O)N3CCOCC3)cc2)C2CCNC2C1=O. The van der Waals surface area contributed by atoms with Crippen LogP contribution >= 0.6 is 0 Å². The van der Waals surface area contributed by atoms with Crippen LogP contribution in [0, 0.1) is 5.92 Å². The van der Waals surface area contributed by atoms with E-state index in [2.05, 4.69) is 17.4 Å². The van der Waals surface area contributed by atoms with Crippen molar-refractivity contribution in [2.45, 2.75) is 25.3 Å². The molecule has 3 fully saturated rings. The summed E-state index contributed by atoms with van der Waals surface area (Å²) in [5.41, 5.74) is 1.94. The Labute approximate surface area is 166 Å². The second kappa shape index (κ2) is 8.45. The summed E-state index contributed by atoms with van der Waals surface area (Å²) < 4.78 is 5.33. The van der Waals surface area contributed by atoms with E-state index in [1.165, 1.54) is 5.56 Å². The Morgan fingerprint density at radius 3 is 2.71 bits per heavy atom. The number of rotatable bonds is 4. The van der Waals surface area contributed by atoms with Crippen molar-refractivity contribution in [3.05, 3.63) is 47.5 Å². The van der Waals surface area contributed by atoms with Gasteiger partial charge in [0, 0.05) is 37.7 Å². The number of fused-ring (bicyclic) bond motifs is 1. The maximum Gasteiger partial charge on any atom is 0.254 e. The smallest absolute Gasteiger partial charge is 0.254 e. The zero-order chi connectivity index (χ0) is 19.5. The molecule has 0 bridgehead atoms. The molecule has 3 unspecified atom stereocenters. The molecular weight excluding hydrogens is 354 g/mol. The van der Waals surface area contributed by atoms with Crippen molar-refractivity contribution in [1.29, 1.82) is 0 Å². The molecule has 0 aliphatic carbocycles. The van der Waals surface area contributed by atoms with Crippen LogP contribution in [0.25, 0.3) is 0 Å². The van der Waals surface area contributed by atoms with Crippen LogP contribution in [0.5, 0.6) is 0 Å². The lowest BCUT2D eigenvalue weighted by atomic mass is 9.77. The minimum atomic E-state index is -0.0846. The maximum atomic E-state index is 12.8. The van der Waals surface area contributed by atoms with Gasteiger partial charge >= 0.3 is 0 Å². The van der Waals surface area contributed by atoms with Crippen LogP contribution in [0.3, 0.4) is 0 Å². The fourth-order valence-electron chi connectivity index (χ4n) is 4.66. The monoisotopic (exact) mass is 383 g/mol. The Morgan fingerprint density at radius 1 is 1.25 bits per heavy atom. The lowest BCUT2D eigenvalue weighted by Gasteiger charge is -2.40. The number of carbonyl (C=O) groups is 2. The van der Waals surface area contributed by atoms with E-state index in [0.29, 0.717) is 44.7 Å². The highest BCUT2D eigenvalue weighted by Gasteiger charge is 2.45. The number of hydrogen-bond acceptors (Lipinski definition) is 4. The van der Waals surface area contributed by atoms with Gasteiger partial charge in [-0.1, -0.05) is 24.3 Å². The van der Waals surface area contributed by atoms with Crippen molar-refractivity contribution >= 4 is 11.8 Å². The normalized spacial score (nSPS) is 28.0. The predicted octanol–water partition coefficient (Wildman–Crippen LogP) is 1.64. The van der Waals surface area contributed by atoms with Crippen LogP contribution in [-0.2, 0) is 9.53 Å². The standard InChI is InChI=1S/C22H29N3O3/c1-2-3-10-25-15-19(18-8-9-23-20(18)22(25)27)16-4-6-17(7-5-16)21(26)24-11-13-28-14-12-24/h2-7,18-20,23H,8-15H2,1H3. The van der Waals surface area contributed by atoms with Gasteiger partial charge in [-0.25, -0.2) is 0 Å². The number of carbonyl (C=O) groups excluding carboxylic acids is 2. The number of likely N-dealkylation sites (tertiary alicyclic amines) is 1. The maximum absolute atomic E-state index is 12.8. The highest BCUT2D eigenvalue weighted by atomic mass is 16.5. The number of morpholine rings is 1. The Hall–Kier alpha value is -2.18. The summed E-state index contributed by atoms with van der Waals surface area (Å²) in [7, 11) is 0. The summed E-state index contributed by atoms with van der Waals surface area (Å²) in [4.78, 5) is 29.3. The third kappa shape index (κ3) is 3.71. The van der Waals surface area contributed by atoms with Gasteiger partial charge in [-0.05, 0) is 43.5 Å². The van der Waals surface area contributed by atoms with E-state index in [9.17, 15) is 9.59 Å². The number of nitrogens with zero attached hydrogens (tertiary/aromatic N) is 2. The second-order valence-corrected chi connectivity index (χ2v) is 7.83. The van der Waals surface area contributed by atoms with E-state index in [1.807, 2.05) is 41.0 Å². The van der Waals surface area contributed by atoms with Gasteiger partial charge in [0.2, 0.25) is 5.91 Å². The van der Waals surface area contributed by atoms with E-state index in [0.717, 1.165) is 25.1 Å². The van der Waals surface area contributed by atoms with Gasteiger partial charge < -0.3 is 19.9 Å². The van der Waals surface area contributed by atoms with Gasteiger partial charge in [-0.2, -0.15) is 0 Å². The largest absolute Gasteiger partial charge is 0.378 e. The average molecular weight is 383 g/mol. The molecule has 1 aromatic carbocycles. The highest BCUT2D eigenvalue weighted by Crippen LogP contribution is 2.38. The number of amides is 2. The molecular formula is C22H29N3O3. The van der Waals surface area contributed by atoms with Crippen LogP contribution in [0.15, 0.2) is 36.4 Å². The van der Waals surface area contributed by atoms with Crippen molar-refractivity contribution in [1.82, 2.24) is 15.1 Å². The Morgan fingerprint density at radius 2 is 2.00 bits per heavy atom. The second-order valence-electron chi connectivity index (χ2n) is 7.83. The minimum absolute atomic E-state index is 0.0730. The molecule has 3 aliphatic rings.